The van der Waals surface area contributed by atoms with E-state index >= 15 is 0 Å². The van der Waals surface area contributed by atoms with Gasteiger partial charge in [-0.15, -0.1) is 4.89 Å². The van der Waals surface area contributed by atoms with Crippen molar-refractivity contribution in [3.63, 3.8) is 0 Å². The Morgan fingerprint density at radius 2 is 1.52 bits per heavy atom. The van der Waals surface area contributed by atoms with Gasteiger partial charge in [0, 0.05) is 23.3 Å². The minimum atomic E-state index is -2.85. The normalized spacial score (nSPS) is 12.3. The Labute approximate surface area is 194 Å². The van der Waals surface area contributed by atoms with Crippen LogP contribution in [0.3, 0.4) is 0 Å². The highest BCUT2D eigenvalue weighted by Crippen LogP contribution is 2.36. The van der Waals surface area contributed by atoms with Crippen molar-refractivity contribution in [3.05, 3.63) is 60.2 Å². The Morgan fingerprint density at radius 1 is 0.879 bits per heavy atom. The minimum Gasteiger partial charge on any atom is -0.472 e. The minimum absolute atomic E-state index is 0.166. The molecule has 1 heterocycles. The summed E-state index contributed by atoms with van der Waals surface area (Å²) in [7, 11) is -1.27. The second-order valence-electron chi connectivity index (χ2n) is 8.79. The first kappa shape index (κ1) is 24.6. The molecule has 0 bridgehead atoms. The van der Waals surface area contributed by atoms with Crippen LogP contribution in [0.1, 0.15) is 40.2 Å². The van der Waals surface area contributed by atoms with Crippen LogP contribution < -0.4 is 14.0 Å². The Bertz CT molecular complexity index is 1130. The zero-order valence-electron chi connectivity index (χ0n) is 19.5. The van der Waals surface area contributed by atoms with Crippen molar-refractivity contribution in [2.24, 2.45) is 0 Å². The van der Waals surface area contributed by atoms with Gasteiger partial charge in [-0.25, -0.2) is 4.52 Å². The lowest BCUT2D eigenvalue weighted by molar-refractivity contribution is 0.0189. The number of hydrogen-bond donors (Lipinski definition) is 1. The van der Waals surface area contributed by atoms with Gasteiger partial charge in [0.1, 0.15) is 11.4 Å². The maximum Gasteiger partial charge on any atom is 0.747 e. The van der Waals surface area contributed by atoms with Gasteiger partial charge in [0.2, 0.25) is 11.8 Å². The van der Waals surface area contributed by atoms with Crippen LogP contribution in [0, 0.1) is 0 Å². The largest absolute Gasteiger partial charge is 0.747 e. The molecule has 2 aromatic carbocycles. The lowest BCUT2D eigenvalue weighted by atomic mass is 9.97. The standard InChI is InChI=1S/C24H27N2O6P/c1-23(2,3)31-21-15-20(25-22(26-21)16-10-8-7-9-11-16)30-18-12-17(24(4,5)29-6)13-19(14-18)32-33(27)28/h7-15H,1-6H3/p+1. The molecule has 9 heteroatoms. The van der Waals surface area contributed by atoms with E-state index in [2.05, 4.69) is 9.97 Å². The number of aromatic nitrogens is 2. The molecule has 3 rings (SSSR count). The number of hydrogen-bond acceptors (Lipinski definition) is 7. The lowest BCUT2D eigenvalue weighted by Gasteiger charge is -2.24. The summed E-state index contributed by atoms with van der Waals surface area (Å²) in [6.07, 6.45) is 0. The van der Waals surface area contributed by atoms with Crippen LogP contribution in [0.15, 0.2) is 54.6 Å². The highest BCUT2D eigenvalue weighted by Gasteiger charge is 2.25. The Hall–Kier alpha value is -3.06. The van der Waals surface area contributed by atoms with Gasteiger partial charge in [-0.05, 0) is 52.3 Å². The summed E-state index contributed by atoms with van der Waals surface area (Å²) in [5.74, 6) is 1.56. The van der Waals surface area contributed by atoms with Gasteiger partial charge >= 0.3 is 8.25 Å². The van der Waals surface area contributed by atoms with Gasteiger partial charge < -0.3 is 14.2 Å². The fourth-order valence-corrected chi connectivity index (χ4v) is 3.18. The molecule has 0 radical (unpaired) electrons. The molecular weight excluding hydrogens is 443 g/mol. The summed E-state index contributed by atoms with van der Waals surface area (Å²) in [6.45, 7) is 9.50. The first-order valence-electron chi connectivity index (χ1n) is 10.3. The number of nitrogens with zero attached hydrogens (tertiary/aromatic N) is 2. The number of methoxy groups -OCH3 is 1. The Kier molecular flexibility index (Phi) is 7.32. The molecule has 1 aromatic heterocycles. The molecule has 1 N–H and O–H groups in total. The van der Waals surface area contributed by atoms with Crippen LogP contribution in [0.2, 0.25) is 0 Å². The van der Waals surface area contributed by atoms with Gasteiger partial charge in [-0.2, -0.15) is 9.97 Å². The molecule has 0 saturated heterocycles. The van der Waals surface area contributed by atoms with E-state index in [1.54, 1.807) is 25.3 Å². The van der Waals surface area contributed by atoms with E-state index < -0.39 is 19.5 Å². The number of rotatable bonds is 8. The number of ether oxygens (including phenoxy) is 3. The van der Waals surface area contributed by atoms with Gasteiger partial charge in [0.25, 0.3) is 0 Å². The molecule has 8 nitrogen and oxygen atoms in total. The maximum absolute atomic E-state index is 11.3. The average molecular weight is 471 g/mol. The van der Waals surface area contributed by atoms with Gasteiger partial charge in [-0.1, -0.05) is 30.3 Å². The predicted octanol–water partition coefficient (Wildman–Crippen LogP) is 6.02. The zero-order valence-corrected chi connectivity index (χ0v) is 20.4. The van der Waals surface area contributed by atoms with E-state index in [9.17, 15) is 9.46 Å². The van der Waals surface area contributed by atoms with E-state index in [1.807, 2.05) is 65.0 Å². The van der Waals surface area contributed by atoms with E-state index in [1.165, 1.54) is 6.07 Å². The highest BCUT2D eigenvalue weighted by molar-refractivity contribution is 7.32. The summed E-state index contributed by atoms with van der Waals surface area (Å²) in [5.41, 5.74) is 0.324. The quantitative estimate of drug-likeness (QED) is 0.398. The van der Waals surface area contributed by atoms with Crippen molar-refractivity contribution in [2.45, 2.75) is 45.8 Å². The van der Waals surface area contributed by atoms with E-state index in [4.69, 9.17) is 18.7 Å². The van der Waals surface area contributed by atoms with Crippen molar-refractivity contribution < 1.29 is 28.2 Å². The van der Waals surface area contributed by atoms with Crippen LogP contribution in [0.25, 0.3) is 11.4 Å². The van der Waals surface area contributed by atoms with Crippen molar-refractivity contribution in [3.8, 4) is 34.6 Å². The van der Waals surface area contributed by atoms with Crippen LogP contribution in [-0.2, 0) is 14.9 Å². The first-order chi connectivity index (χ1) is 15.4. The molecule has 3 aromatic rings. The average Bonchev–Trinajstić information content (AvgIpc) is 2.72. The molecule has 0 aliphatic heterocycles. The topological polar surface area (TPSA) is 100 Å². The van der Waals surface area contributed by atoms with Crippen LogP contribution in [-0.4, -0.2) is 27.6 Å². The third-order valence-electron chi connectivity index (χ3n) is 4.61. The third-order valence-corrected chi connectivity index (χ3v) is 4.98. The van der Waals surface area contributed by atoms with Gasteiger partial charge in [0.05, 0.1) is 11.7 Å². The van der Waals surface area contributed by atoms with E-state index in [0.717, 1.165) is 5.56 Å². The monoisotopic (exact) mass is 471 g/mol. The molecule has 174 valence electrons. The Morgan fingerprint density at radius 3 is 2.12 bits per heavy atom. The van der Waals surface area contributed by atoms with Crippen molar-refractivity contribution in [2.75, 3.05) is 7.11 Å². The zero-order chi connectivity index (χ0) is 24.2. The second-order valence-corrected chi connectivity index (χ2v) is 9.45. The molecule has 33 heavy (non-hydrogen) atoms. The molecule has 0 fully saturated rings. The molecule has 0 aliphatic carbocycles. The van der Waals surface area contributed by atoms with Crippen molar-refractivity contribution >= 4 is 8.25 Å². The maximum atomic E-state index is 11.3. The fourth-order valence-electron chi connectivity index (χ4n) is 2.90. The van der Waals surface area contributed by atoms with Crippen LogP contribution in [0.4, 0.5) is 0 Å². The molecule has 1 atom stereocenters. The molecule has 1 unspecified atom stereocenters. The van der Waals surface area contributed by atoms with Gasteiger partial charge in [0.15, 0.2) is 11.6 Å². The predicted molar refractivity (Wildman–Crippen MR) is 125 cm³/mol. The van der Waals surface area contributed by atoms with E-state index in [-0.39, 0.29) is 11.6 Å². The smallest absolute Gasteiger partial charge is 0.472 e. The van der Waals surface area contributed by atoms with Crippen molar-refractivity contribution in [1.29, 1.82) is 0 Å². The summed E-state index contributed by atoms with van der Waals surface area (Å²) < 4.78 is 33.9. The van der Waals surface area contributed by atoms with Crippen LogP contribution in [0.5, 0.6) is 23.3 Å². The third kappa shape index (κ3) is 6.96. The summed E-state index contributed by atoms with van der Waals surface area (Å²) in [6, 6.07) is 16.0. The van der Waals surface area contributed by atoms with Crippen molar-refractivity contribution in [1.82, 2.24) is 9.97 Å². The van der Waals surface area contributed by atoms with Gasteiger partial charge in [-0.3, -0.25) is 0 Å². The molecule has 0 amide bonds. The second kappa shape index (κ2) is 9.83. The molecule has 0 spiro atoms. The SMILES string of the molecule is COC(C)(C)c1cc(Oc2cc(OC(C)(C)C)nc(-c3ccccc3)n2)cc(O[P+](=O)O)c1. The summed E-state index contributed by atoms with van der Waals surface area (Å²) in [5, 5.41) is 0. The summed E-state index contributed by atoms with van der Waals surface area (Å²) in [4.78, 5) is 18.3. The first-order valence-corrected chi connectivity index (χ1v) is 11.4. The molecule has 0 aliphatic rings. The summed E-state index contributed by atoms with van der Waals surface area (Å²) >= 11 is 0. The highest BCUT2D eigenvalue weighted by atomic mass is 31.1. The molecular formula is C24H28N2O6P+. The number of benzene rings is 2. The Balaban J connectivity index is 2.06. The van der Waals surface area contributed by atoms with Crippen LogP contribution >= 0.6 is 8.25 Å². The fraction of sp³-hybridized carbons (Fsp3) is 0.333. The molecule has 0 saturated carbocycles. The van der Waals surface area contributed by atoms with E-state index in [0.29, 0.717) is 23.0 Å². The lowest BCUT2D eigenvalue weighted by Crippen LogP contribution is -2.23.